The summed E-state index contributed by atoms with van der Waals surface area (Å²) >= 11 is 0. The molecule has 4 heteroatoms. The van der Waals surface area contributed by atoms with E-state index in [9.17, 15) is 0 Å². The minimum atomic E-state index is 0.945. The van der Waals surface area contributed by atoms with Crippen LogP contribution < -0.4 is 0 Å². The summed E-state index contributed by atoms with van der Waals surface area (Å²) in [6.45, 7) is 0. The lowest BCUT2D eigenvalue weighted by atomic mass is 10.00. The van der Waals surface area contributed by atoms with Gasteiger partial charge in [-0.25, -0.2) is 9.97 Å². The van der Waals surface area contributed by atoms with Crippen molar-refractivity contribution in [1.29, 1.82) is 0 Å². The van der Waals surface area contributed by atoms with Crippen LogP contribution in [0.4, 0.5) is 0 Å². The topological polar surface area (TPSA) is 57.4 Å². The first-order valence-electron chi connectivity index (χ1n) is 20.7. The van der Waals surface area contributed by atoms with Gasteiger partial charge in [-0.2, -0.15) is 0 Å². The normalized spacial score (nSPS) is 12.7. The van der Waals surface area contributed by atoms with Crippen LogP contribution in [0.3, 0.4) is 0 Å². The Balaban J connectivity index is 1.20. The van der Waals surface area contributed by atoms with E-state index in [0.29, 0.717) is 0 Å². The van der Waals surface area contributed by atoms with Crippen molar-refractivity contribution in [2.75, 3.05) is 0 Å². The standard InChI is InChI=1S/C56H30N4/c1-3-13-31-29(11-1)37-19-9-21-39-53(37)41(31)23-43-49-25-45-33-15-5-8-18-36(33)48(57-45)28-52-56-40-22-10-20-38-30-12-2-4-14-32(30)42(54(38)40)24-44(56)50(60-52)26-46-34-16-6-7-17-35(34)47(58-46)27-51(59-49)55(39)43/h1-28,57-58H. The molecule has 60 heavy (non-hydrogen) atoms. The summed E-state index contributed by atoms with van der Waals surface area (Å²) in [7, 11) is 0. The molecule has 10 aromatic carbocycles. The van der Waals surface area contributed by atoms with Crippen LogP contribution in [-0.4, -0.2) is 19.9 Å². The fourth-order valence-corrected chi connectivity index (χ4v) is 11.1. The van der Waals surface area contributed by atoms with E-state index in [1.54, 1.807) is 0 Å². The number of hydrogen-bond acceptors (Lipinski definition) is 2. The summed E-state index contributed by atoms with van der Waals surface area (Å²) in [5, 5.41) is 24.5. The van der Waals surface area contributed by atoms with Crippen molar-refractivity contribution in [3.63, 3.8) is 0 Å². The molecule has 5 aromatic heterocycles. The molecule has 2 N–H and O–H groups in total. The predicted octanol–water partition coefficient (Wildman–Crippen LogP) is 15.3. The summed E-state index contributed by atoms with van der Waals surface area (Å²) in [5.74, 6) is 0. The number of nitrogens with one attached hydrogen (secondary N) is 2. The molecule has 5 heterocycles. The van der Waals surface area contributed by atoms with E-state index >= 15 is 0 Å². The molecule has 15 aromatic rings. The number of fused-ring (bicyclic) bond motifs is 28. The molecule has 0 saturated carbocycles. The van der Waals surface area contributed by atoms with Crippen molar-refractivity contribution >= 4 is 152 Å². The Morgan fingerprint density at radius 2 is 0.517 bits per heavy atom. The van der Waals surface area contributed by atoms with E-state index < -0.39 is 0 Å². The minimum Gasteiger partial charge on any atom is -0.354 e. The summed E-state index contributed by atoms with van der Waals surface area (Å²) < 4.78 is 0. The van der Waals surface area contributed by atoms with Crippen molar-refractivity contribution in [2.24, 2.45) is 0 Å². The van der Waals surface area contributed by atoms with Gasteiger partial charge in [-0.15, -0.1) is 0 Å². The molecule has 0 aliphatic rings. The van der Waals surface area contributed by atoms with Crippen LogP contribution in [0.1, 0.15) is 0 Å². The highest BCUT2D eigenvalue weighted by molar-refractivity contribution is 6.39. The third kappa shape index (κ3) is 3.86. The predicted molar refractivity (Wildman–Crippen MR) is 256 cm³/mol. The highest BCUT2D eigenvalue weighted by Gasteiger charge is 2.20. The van der Waals surface area contributed by atoms with E-state index in [1.807, 2.05) is 0 Å². The summed E-state index contributed by atoms with van der Waals surface area (Å²) in [6, 6.07) is 62.3. The Morgan fingerprint density at radius 3 is 0.900 bits per heavy atom. The number of H-pyrrole nitrogens is 2. The Kier molecular flexibility index (Phi) is 5.63. The summed E-state index contributed by atoms with van der Waals surface area (Å²) in [6.07, 6.45) is 0. The quantitative estimate of drug-likeness (QED) is 0.162. The second-order valence-corrected chi connectivity index (χ2v) is 16.6. The molecule has 0 aliphatic heterocycles. The van der Waals surface area contributed by atoms with Crippen molar-refractivity contribution in [2.45, 2.75) is 0 Å². The number of benzene rings is 8. The first kappa shape index (κ1) is 31.0. The zero-order valence-electron chi connectivity index (χ0n) is 32.1. The molecule has 0 amide bonds. The highest BCUT2D eigenvalue weighted by atomic mass is 14.8. The fourth-order valence-electron chi connectivity index (χ4n) is 11.1. The van der Waals surface area contributed by atoms with Gasteiger partial charge >= 0.3 is 0 Å². The molecule has 0 fully saturated rings. The Hall–Kier alpha value is -8.08. The highest BCUT2D eigenvalue weighted by Crippen LogP contribution is 2.46. The van der Waals surface area contributed by atoms with Gasteiger partial charge < -0.3 is 9.97 Å². The maximum atomic E-state index is 5.55. The minimum absolute atomic E-state index is 0.945. The lowest BCUT2D eigenvalue weighted by molar-refractivity contribution is 1.51. The molecule has 8 bridgehead atoms. The average Bonchev–Trinajstić information content (AvgIpc) is 4.13. The van der Waals surface area contributed by atoms with Gasteiger partial charge in [0.25, 0.3) is 0 Å². The van der Waals surface area contributed by atoms with E-state index in [-0.39, 0.29) is 0 Å². The zero-order chi connectivity index (χ0) is 38.8. The van der Waals surface area contributed by atoms with Crippen molar-refractivity contribution < 1.29 is 0 Å². The second kappa shape index (κ2) is 10.9. The lowest BCUT2D eigenvalue weighted by Gasteiger charge is -2.02. The molecule has 4 nitrogen and oxygen atoms in total. The van der Waals surface area contributed by atoms with Gasteiger partial charge in [0.1, 0.15) is 0 Å². The van der Waals surface area contributed by atoms with Gasteiger partial charge in [0.15, 0.2) is 0 Å². The van der Waals surface area contributed by atoms with Crippen LogP contribution in [0, 0.1) is 0 Å². The number of hydrogen-bond donors (Lipinski definition) is 2. The number of rotatable bonds is 0. The molecule has 0 unspecified atom stereocenters. The van der Waals surface area contributed by atoms with E-state index in [0.717, 1.165) is 76.5 Å². The smallest absolute Gasteiger partial charge is 0.0743 e. The van der Waals surface area contributed by atoms with Crippen LogP contribution in [0.15, 0.2) is 170 Å². The fraction of sp³-hybridized carbons (Fsp3) is 0. The van der Waals surface area contributed by atoms with Crippen LogP contribution in [0.2, 0.25) is 0 Å². The largest absolute Gasteiger partial charge is 0.354 e. The van der Waals surface area contributed by atoms with Crippen molar-refractivity contribution in [3.8, 4) is 0 Å². The SMILES string of the molecule is c1ccc2c3cc4nc(cc5[nH]c(cc6nc(cc([nH]3)c2c1)c1cc2c3ccccc3c3cccc(c61)c32)c1ccccc51)c1cc2c3ccccc3c3cccc(c41)c32. The van der Waals surface area contributed by atoms with Crippen LogP contribution in [-0.2, 0) is 0 Å². The first-order chi connectivity index (χ1) is 29.7. The van der Waals surface area contributed by atoms with Crippen molar-refractivity contribution in [3.05, 3.63) is 170 Å². The molecular weight excluding hydrogens is 729 g/mol. The summed E-state index contributed by atoms with van der Waals surface area (Å²) in [5.41, 5.74) is 7.90. The van der Waals surface area contributed by atoms with E-state index in [4.69, 9.17) is 9.97 Å². The van der Waals surface area contributed by atoms with Gasteiger partial charge in [0.05, 0.1) is 22.1 Å². The third-order valence-corrected chi connectivity index (χ3v) is 13.6. The number of aromatic nitrogens is 4. The van der Waals surface area contributed by atoms with Gasteiger partial charge in [-0.1, -0.05) is 133 Å². The molecule has 0 spiro atoms. The molecule has 0 saturated heterocycles. The monoisotopic (exact) mass is 758 g/mol. The Morgan fingerprint density at radius 1 is 0.217 bits per heavy atom. The molecule has 274 valence electrons. The Bertz CT molecular complexity index is 4190. The Labute approximate surface area is 340 Å². The molecule has 0 atom stereocenters. The van der Waals surface area contributed by atoms with Crippen molar-refractivity contribution in [1.82, 2.24) is 19.9 Å². The van der Waals surface area contributed by atoms with Gasteiger partial charge in [0, 0.05) is 65.2 Å². The number of nitrogens with zero attached hydrogens (tertiary/aromatic N) is 2. The van der Waals surface area contributed by atoms with Gasteiger partial charge in [0.2, 0.25) is 0 Å². The van der Waals surface area contributed by atoms with Crippen LogP contribution >= 0.6 is 0 Å². The maximum absolute atomic E-state index is 5.55. The molecule has 0 aliphatic carbocycles. The summed E-state index contributed by atoms with van der Waals surface area (Å²) in [4.78, 5) is 18.9. The van der Waals surface area contributed by atoms with E-state index in [2.05, 4.69) is 180 Å². The van der Waals surface area contributed by atoms with Gasteiger partial charge in [-0.3, -0.25) is 0 Å². The van der Waals surface area contributed by atoms with Crippen LogP contribution in [0.25, 0.3) is 152 Å². The zero-order valence-corrected chi connectivity index (χ0v) is 32.1. The molecular formula is C56H30N4. The maximum Gasteiger partial charge on any atom is 0.0743 e. The second-order valence-electron chi connectivity index (χ2n) is 16.6. The first-order valence-corrected chi connectivity index (χ1v) is 20.7. The van der Waals surface area contributed by atoms with Crippen LogP contribution in [0.5, 0.6) is 0 Å². The third-order valence-electron chi connectivity index (χ3n) is 13.6. The lowest BCUT2D eigenvalue weighted by Crippen LogP contribution is -1.76. The number of aromatic amines is 2. The molecule has 0 radical (unpaired) electrons. The average molecular weight is 759 g/mol. The van der Waals surface area contributed by atoms with E-state index in [1.165, 1.54) is 75.4 Å². The van der Waals surface area contributed by atoms with Gasteiger partial charge in [-0.05, 0) is 101 Å². The molecule has 15 rings (SSSR count).